The fourth-order valence-electron chi connectivity index (χ4n) is 2.67. The predicted molar refractivity (Wildman–Crippen MR) is 95.8 cm³/mol. The number of unbranched alkanes of at least 4 members (excludes halogenated alkanes) is 6. The van der Waals surface area contributed by atoms with Crippen LogP contribution < -0.4 is 16.4 Å². The third-order valence-corrected chi connectivity index (χ3v) is 3.96. The van der Waals surface area contributed by atoms with Crippen molar-refractivity contribution < 1.29 is 0 Å². The molecule has 0 saturated carbocycles. The molecule has 0 radical (unpaired) electrons. The first-order chi connectivity index (χ1) is 10.2. The Hall–Kier alpha value is -1.38. The lowest BCUT2D eigenvalue weighted by atomic mass is 10.1. The largest absolute Gasteiger partial charge is 0.399 e. The first-order valence-corrected chi connectivity index (χ1v) is 8.59. The van der Waals surface area contributed by atoms with Crippen LogP contribution in [0.1, 0.15) is 65.2 Å². The van der Waals surface area contributed by atoms with Crippen molar-refractivity contribution in [2.75, 3.05) is 29.5 Å². The van der Waals surface area contributed by atoms with E-state index >= 15 is 0 Å². The molecule has 0 atom stereocenters. The molecule has 120 valence electrons. The second kappa shape index (κ2) is 10.4. The number of nitrogens with zero attached hydrogens (tertiary/aromatic N) is 1. The summed E-state index contributed by atoms with van der Waals surface area (Å²) < 4.78 is 0. The summed E-state index contributed by atoms with van der Waals surface area (Å²) in [5, 5.41) is 0. The minimum Gasteiger partial charge on any atom is -0.399 e. The van der Waals surface area contributed by atoms with Crippen LogP contribution in [0.25, 0.3) is 0 Å². The van der Waals surface area contributed by atoms with Crippen molar-refractivity contribution in [3.8, 4) is 0 Å². The van der Waals surface area contributed by atoms with E-state index in [0.717, 1.165) is 30.2 Å². The average molecular weight is 291 g/mol. The van der Waals surface area contributed by atoms with E-state index < -0.39 is 0 Å². The third-order valence-electron chi connectivity index (χ3n) is 3.96. The van der Waals surface area contributed by atoms with Gasteiger partial charge in [0.05, 0.1) is 11.4 Å². The van der Waals surface area contributed by atoms with Gasteiger partial charge in [0, 0.05) is 18.8 Å². The van der Waals surface area contributed by atoms with Crippen LogP contribution in [-0.4, -0.2) is 13.1 Å². The van der Waals surface area contributed by atoms with Crippen molar-refractivity contribution in [3.05, 3.63) is 18.2 Å². The Bertz CT molecular complexity index is 378. The highest BCUT2D eigenvalue weighted by atomic mass is 15.1. The van der Waals surface area contributed by atoms with Gasteiger partial charge in [-0.3, -0.25) is 0 Å². The monoisotopic (exact) mass is 291 g/mol. The van der Waals surface area contributed by atoms with E-state index in [0.29, 0.717) is 0 Å². The summed E-state index contributed by atoms with van der Waals surface area (Å²) >= 11 is 0. The van der Waals surface area contributed by atoms with Crippen LogP contribution in [-0.2, 0) is 0 Å². The van der Waals surface area contributed by atoms with Crippen LogP contribution >= 0.6 is 0 Å². The van der Waals surface area contributed by atoms with Crippen molar-refractivity contribution in [2.24, 2.45) is 0 Å². The number of anilines is 3. The van der Waals surface area contributed by atoms with Gasteiger partial charge in [0.15, 0.2) is 0 Å². The molecule has 1 rings (SSSR count). The second-order valence-electron chi connectivity index (χ2n) is 5.93. The summed E-state index contributed by atoms with van der Waals surface area (Å²) in [6, 6.07) is 5.90. The maximum Gasteiger partial charge on any atom is 0.0601 e. The number of rotatable bonds is 11. The Morgan fingerprint density at radius 2 is 1.38 bits per heavy atom. The maximum atomic E-state index is 6.16. The Balaban J connectivity index is 2.60. The van der Waals surface area contributed by atoms with Gasteiger partial charge in [0.2, 0.25) is 0 Å². The number of nitrogen functional groups attached to an aromatic ring is 2. The van der Waals surface area contributed by atoms with E-state index in [1.165, 1.54) is 51.4 Å². The molecule has 0 heterocycles. The van der Waals surface area contributed by atoms with E-state index in [-0.39, 0.29) is 0 Å². The fourth-order valence-corrected chi connectivity index (χ4v) is 2.67. The zero-order chi connectivity index (χ0) is 15.5. The topological polar surface area (TPSA) is 55.3 Å². The van der Waals surface area contributed by atoms with Gasteiger partial charge in [-0.2, -0.15) is 0 Å². The van der Waals surface area contributed by atoms with Crippen molar-refractivity contribution in [3.63, 3.8) is 0 Å². The molecular weight excluding hydrogens is 258 g/mol. The van der Waals surface area contributed by atoms with E-state index in [1.54, 1.807) is 0 Å². The molecule has 0 aromatic heterocycles. The lowest BCUT2D eigenvalue weighted by molar-refractivity contribution is 0.609. The SMILES string of the molecule is CCCCCCN(CCCCCC)c1ccc(N)cc1N. The Labute approximate surface area is 130 Å². The van der Waals surface area contributed by atoms with Gasteiger partial charge in [0.1, 0.15) is 0 Å². The Kier molecular flexibility index (Phi) is 8.72. The van der Waals surface area contributed by atoms with Crippen LogP contribution in [0.3, 0.4) is 0 Å². The van der Waals surface area contributed by atoms with Gasteiger partial charge in [-0.25, -0.2) is 0 Å². The third kappa shape index (κ3) is 6.74. The van der Waals surface area contributed by atoms with E-state index in [1.807, 2.05) is 12.1 Å². The highest BCUT2D eigenvalue weighted by Crippen LogP contribution is 2.26. The second-order valence-corrected chi connectivity index (χ2v) is 5.93. The van der Waals surface area contributed by atoms with Crippen molar-refractivity contribution in [1.29, 1.82) is 0 Å². The highest BCUT2D eigenvalue weighted by Gasteiger charge is 2.09. The summed E-state index contributed by atoms with van der Waals surface area (Å²) in [5.41, 5.74) is 14.7. The zero-order valence-electron chi connectivity index (χ0n) is 13.9. The smallest absolute Gasteiger partial charge is 0.0601 e. The minimum atomic E-state index is 0.744. The molecule has 0 aliphatic carbocycles. The number of nitrogens with two attached hydrogens (primary N) is 2. The van der Waals surface area contributed by atoms with Crippen LogP contribution in [0.4, 0.5) is 17.1 Å². The van der Waals surface area contributed by atoms with Crippen molar-refractivity contribution in [2.45, 2.75) is 65.2 Å². The van der Waals surface area contributed by atoms with Crippen LogP contribution in [0.5, 0.6) is 0 Å². The van der Waals surface area contributed by atoms with Crippen LogP contribution in [0.15, 0.2) is 18.2 Å². The Morgan fingerprint density at radius 1 is 0.810 bits per heavy atom. The lowest BCUT2D eigenvalue weighted by Gasteiger charge is -2.26. The number of benzene rings is 1. The molecule has 0 aliphatic rings. The summed E-state index contributed by atoms with van der Waals surface area (Å²) in [6.07, 6.45) is 10.3. The van der Waals surface area contributed by atoms with E-state index in [4.69, 9.17) is 11.5 Å². The highest BCUT2D eigenvalue weighted by molar-refractivity contribution is 5.71. The van der Waals surface area contributed by atoms with E-state index in [2.05, 4.69) is 24.8 Å². The first-order valence-electron chi connectivity index (χ1n) is 8.59. The van der Waals surface area contributed by atoms with Gasteiger partial charge < -0.3 is 16.4 Å². The molecule has 4 N–H and O–H groups in total. The summed E-state index contributed by atoms with van der Waals surface area (Å²) in [4.78, 5) is 2.44. The standard InChI is InChI=1S/C18H33N3/c1-3-5-7-9-13-21(14-10-8-6-4-2)18-12-11-16(19)15-17(18)20/h11-12,15H,3-10,13-14,19-20H2,1-2H3. The zero-order valence-corrected chi connectivity index (χ0v) is 13.9. The Morgan fingerprint density at radius 3 is 1.86 bits per heavy atom. The molecule has 1 aromatic rings. The lowest BCUT2D eigenvalue weighted by Crippen LogP contribution is -2.26. The summed E-state index contributed by atoms with van der Waals surface area (Å²) in [5.74, 6) is 0. The molecule has 0 spiro atoms. The van der Waals surface area contributed by atoms with Gasteiger partial charge in [0.25, 0.3) is 0 Å². The van der Waals surface area contributed by atoms with E-state index in [9.17, 15) is 0 Å². The molecule has 3 heteroatoms. The van der Waals surface area contributed by atoms with Gasteiger partial charge in [-0.1, -0.05) is 52.4 Å². The molecule has 3 nitrogen and oxygen atoms in total. The number of hydrogen-bond acceptors (Lipinski definition) is 3. The normalized spacial score (nSPS) is 10.8. The molecule has 0 unspecified atom stereocenters. The molecule has 0 amide bonds. The first kappa shape index (κ1) is 17.7. The molecule has 21 heavy (non-hydrogen) atoms. The number of hydrogen-bond donors (Lipinski definition) is 2. The molecular formula is C18H33N3. The quantitative estimate of drug-likeness (QED) is 0.454. The molecule has 0 bridgehead atoms. The molecule has 0 fully saturated rings. The molecule has 0 saturated heterocycles. The maximum absolute atomic E-state index is 6.16. The van der Waals surface area contributed by atoms with Crippen molar-refractivity contribution in [1.82, 2.24) is 0 Å². The van der Waals surface area contributed by atoms with Crippen LogP contribution in [0, 0.1) is 0 Å². The van der Waals surface area contributed by atoms with Crippen LogP contribution in [0.2, 0.25) is 0 Å². The average Bonchev–Trinajstić information content (AvgIpc) is 2.46. The molecule has 1 aromatic carbocycles. The fraction of sp³-hybridized carbons (Fsp3) is 0.667. The summed E-state index contributed by atoms with van der Waals surface area (Å²) in [7, 11) is 0. The van der Waals surface area contributed by atoms with Crippen molar-refractivity contribution >= 4 is 17.1 Å². The van der Waals surface area contributed by atoms with Gasteiger partial charge in [-0.05, 0) is 31.0 Å². The van der Waals surface area contributed by atoms with Gasteiger partial charge in [-0.15, -0.1) is 0 Å². The minimum absolute atomic E-state index is 0.744. The van der Waals surface area contributed by atoms with Gasteiger partial charge >= 0.3 is 0 Å². The summed E-state index contributed by atoms with van der Waals surface area (Å²) in [6.45, 7) is 6.70. The molecule has 0 aliphatic heterocycles. The predicted octanol–water partition coefficient (Wildman–Crippen LogP) is 4.82.